The number of hydrogen-bond donors (Lipinski definition) is 5. The lowest BCUT2D eigenvalue weighted by Gasteiger charge is -2.56. The molecule has 200 valence electrons. The van der Waals surface area contributed by atoms with Crippen LogP contribution in [0, 0.1) is 11.3 Å². The van der Waals surface area contributed by atoms with Crippen molar-refractivity contribution in [3.63, 3.8) is 0 Å². The van der Waals surface area contributed by atoms with Crippen molar-refractivity contribution >= 4 is 17.9 Å². The van der Waals surface area contributed by atoms with Gasteiger partial charge in [0.05, 0.1) is 5.41 Å². The van der Waals surface area contributed by atoms with Gasteiger partial charge in [-0.1, -0.05) is 18.9 Å². The maximum atomic E-state index is 11.9. The van der Waals surface area contributed by atoms with Crippen molar-refractivity contribution < 1.29 is 44.3 Å². The SMILES string of the molecule is CC(C)(C)C(=O)OCOc1ccc2c(c1)[C@@]13CCCC[C@H]1[C@@H](C2)NCC3.O=C(O)[C@H](O)[C@@H](O)C(=O)O. The van der Waals surface area contributed by atoms with Gasteiger partial charge in [-0.3, -0.25) is 4.79 Å². The minimum absolute atomic E-state index is 0.0184. The second-order valence-corrected chi connectivity index (χ2v) is 10.9. The minimum atomic E-state index is -2.27. The quantitative estimate of drug-likeness (QED) is 0.284. The number of carboxylic acids is 2. The zero-order chi connectivity index (χ0) is 26.7. The highest BCUT2D eigenvalue weighted by atomic mass is 16.7. The second-order valence-electron chi connectivity index (χ2n) is 10.9. The molecule has 3 aliphatic rings. The number of nitrogens with one attached hydrogen (secondary N) is 1. The number of carbonyl (C=O) groups excluding carboxylic acids is 1. The van der Waals surface area contributed by atoms with Gasteiger partial charge in [-0.2, -0.15) is 0 Å². The van der Waals surface area contributed by atoms with Crippen LogP contribution in [0.1, 0.15) is 64.0 Å². The number of fused-ring (bicyclic) bond motifs is 1. The van der Waals surface area contributed by atoms with Gasteiger partial charge in [-0.05, 0) is 82.2 Å². The number of esters is 1. The molecule has 5 atom stereocenters. The Morgan fingerprint density at radius 2 is 1.75 bits per heavy atom. The largest absolute Gasteiger partial charge is 0.479 e. The van der Waals surface area contributed by atoms with Gasteiger partial charge >= 0.3 is 17.9 Å². The average molecular weight is 508 g/mol. The van der Waals surface area contributed by atoms with Crippen molar-refractivity contribution in [2.45, 2.75) is 83.0 Å². The van der Waals surface area contributed by atoms with Crippen LogP contribution in [0.5, 0.6) is 5.75 Å². The van der Waals surface area contributed by atoms with Crippen LogP contribution >= 0.6 is 0 Å². The van der Waals surface area contributed by atoms with E-state index in [1.54, 1.807) is 0 Å². The molecule has 2 bridgehead atoms. The number of carboxylic acid groups (broad SMARTS) is 2. The first-order valence-electron chi connectivity index (χ1n) is 12.4. The van der Waals surface area contributed by atoms with E-state index in [1.807, 2.05) is 26.8 Å². The number of aliphatic carboxylic acids is 2. The van der Waals surface area contributed by atoms with Crippen LogP contribution in [-0.4, -0.2) is 69.9 Å². The maximum absolute atomic E-state index is 11.9. The zero-order valence-corrected chi connectivity index (χ0v) is 21.0. The summed E-state index contributed by atoms with van der Waals surface area (Å²) in [5.74, 6) is -2.19. The van der Waals surface area contributed by atoms with Crippen LogP contribution in [0.15, 0.2) is 18.2 Å². The number of carbonyl (C=O) groups is 3. The van der Waals surface area contributed by atoms with Crippen molar-refractivity contribution in [2.24, 2.45) is 11.3 Å². The Labute approximate surface area is 210 Å². The fourth-order valence-electron chi connectivity index (χ4n) is 5.63. The molecule has 0 radical (unpaired) electrons. The van der Waals surface area contributed by atoms with Crippen molar-refractivity contribution in [3.8, 4) is 5.75 Å². The summed E-state index contributed by atoms with van der Waals surface area (Å²) >= 11 is 0. The van der Waals surface area contributed by atoms with Gasteiger partial charge in [0, 0.05) is 11.5 Å². The van der Waals surface area contributed by atoms with Crippen LogP contribution in [0.4, 0.5) is 0 Å². The number of piperidine rings is 1. The zero-order valence-electron chi connectivity index (χ0n) is 21.0. The maximum Gasteiger partial charge on any atom is 0.335 e. The van der Waals surface area contributed by atoms with Crippen LogP contribution in [0.25, 0.3) is 0 Å². The van der Waals surface area contributed by atoms with Crippen LogP contribution in [0.2, 0.25) is 0 Å². The highest BCUT2D eigenvalue weighted by Gasteiger charge is 2.51. The monoisotopic (exact) mass is 507 g/mol. The van der Waals surface area contributed by atoms with Crippen molar-refractivity contribution in [1.82, 2.24) is 5.32 Å². The van der Waals surface area contributed by atoms with Gasteiger partial charge < -0.3 is 35.2 Å². The lowest BCUT2D eigenvalue weighted by atomic mass is 9.53. The number of hydrogen-bond acceptors (Lipinski definition) is 8. The van der Waals surface area contributed by atoms with E-state index in [9.17, 15) is 14.4 Å². The fraction of sp³-hybridized carbons (Fsp3) is 0.654. The van der Waals surface area contributed by atoms with Crippen molar-refractivity contribution in [1.29, 1.82) is 0 Å². The molecule has 10 heteroatoms. The third-order valence-electron chi connectivity index (χ3n) is 7.45. The van der Waals surface area contributed by atoms with E-state index in [2.05, 4.69) is 17.4 Å². The Hall–Kier alpha value is -2.69. The summed E-state index contributed by atoms with van der Waals surface area (Å²) in [6.07, 6.45) is 3.15. The van der Waals surface area contributed by atoms with Gasteiger partial charge in [0.1, 0.15) is 5.75 Å². The van der Waals surface area contributed by atoms with Gasteiger partial charge in [-0.25, -0.2) is 9.59 Å². The summed E-state index contributed by atoms with van der Waals surface area (Å²) in [5.41, 5.74) is 2.79. The number of aliphatic hydroxyl groups excluding tert-OH is 2. The molecule has 10 nitrogen and oxygen atoms in total. The summed E-state index contributed by atoms with van der Waals surface area (Å²) in [7, 11) is 0. The third kappa shape index (κ3) is 5.99. The van der Waals surface area contributed by atoms with Gasteiger partial charge in [0.25, 0.3) is 0 Å². The molecule has 0 aromatic heterocycles. The van der Waals surface area contributed by atoms with Crippen LogP contribution in [-0.2, 0) is 31.0 Å². The molecule has 4 rings (SSSR count). The molecule has 1 heterocycles. The Morgan fingerprint density at radius 3 is 2.36 bits per heavy atom. The fourth-order valence-corrected chi connectivity index (χ4v) is 5.63. The van der Waals surface area contributed by atoms with E-state index in [1.165, 1.54) is 43.2 Å². The standard InChI is InChI=1S/C22H31NO3.C4H6O6/c1-21(2,3)20(24)26-14-25-16-8-7-15-12-19-17-6-4-5-9-22(17,10-11-23-19)18(15)13-16;5-1(3(7)8)2(6)4(9)10/h7-8,13,17,19,23H,4-6,9-12,14H2,1-3H3;1-2,5-6H,(H,7,8)(H,9,10)/t17-,19+,22+;1-,2-/m01/s1. The lowest BCUT2D eigenvalue weighted by Crippen LogP contribution is -2.59. The molecule has 1 saturated carbocycles. The first-order chi connectivity index (χ1) is 16.9. The molecule has 5 N–H and O–H groups in total. The molecule has 1 aliphatic heterocycles. The number of rotatable bonds is 6. The molecule has 1 saturated heterocycles. The summed E-state index contributed by atoms with van der Waals surface area (Å²) < 4.78 is 11.1. The highest BCUT2D eigenvalue weighted by Crippen LogP contribution is 2.54. The van der Waals surface area contributed by atoms with E-state index >= 15 is 0 Å². The Bertz CT molecular complexity index is 951. The Balaban J connectivity index is 0.000000308. The number of aliphatic hydroxyl groups is 2. The predicted octanol–water partition coefficient (Wildman–Crippen LogP) is 1.84. The smallest absolute Gasteiger partial charge is 0.335 e. The van der Waals surface area contributed by atoms with Crippen LogP contribution < -0.4 is 10.1 Å². The van der Waals surface area contributed by atoms with E-state index < -0.39 is 29.6 Å². The molecule has 0 spiro atoms. The summed E-state index contributed by atoms with van der Waals surface area (Å²) in [6, 6.07) is 7.12. The first kappa shape index (κ1) is 27.9. The topological polar surface area (TPSA) is 163 Å². The summed E-state index contributed by atoms with van der Waals surface area (Å²) in [6.45, 7) is 6.66. The molecule has 36 heavy (non-hydrogen) atoms. The number of ether oxygens (including phenoxy) is 2. The molecular weight excluding hydrogens is 470 g/mol. The second kappa shape index (κ2) is 11.1. The van der Waals surface area contributed by atoms with Crippen LogP contribution in [0.3, 0.4) is 0 Å². The minimum Gasteiger partial charge on any atom is -0.479 e. The van der Waals surface area contributed by atoms with E-state index in [0.29, 0.717) is 11.5 Å². The number of benzene rings is 1. The van der Waals surface area contributed by atoms with Gasteiger partial charge in [-0.15, -0.1) is 0 Å². The van der Waals surface area contributed by atoms with E-state index in [4.69, 9.17) is 29.9 Å². The average Bonchev–Trinajstić information content (AvgIpc) is 2.83. The Morgan fingerprint density at radius 1 is 1.08 bits per heavy atom. The molecule has 1 aromatic carbocycles. The third-order valence-corrected chi connectivity index (χ3v) is 7.45. The van der Waals surface area contributed by atoms with Crippen molar-refractivity contribution in [3.05, 3.63) is 29.3 Å². The summed E-state index contributed by atoms with van der Waals surface area (Å²) in [5, 5.41) is 36.3. The molecule has 1 aromatic rings. The summed E-state index contributed by atoms with van der Waals surface area (Å²) in [4.78, 5) is 31.5. The normalized spacial score (nSPS) is 26.1. The van der Waals surface area contributed by atoms with Crippen molar-refractivity contribution in [2.75, 3.05) is 13.3 Å². The van der Waals surface area contributed by atoms with Gasteiger partial charge in [0.15, 0.2) is 12.2 Å². The van der Waals surface area contributed by atoms with Gasteiger partial charge in [0.2, 0.25) is 6.79 Å². The first-order valence-corrected chi connectivity index (χ1v) is 12.4. The molecular formula is C26H37NO9. The predicted molar refractivity (Wildman–Crippen MR) is 129 cm³/mol. The molecule has 0 unspecified atom stereocenters. The lowest BCUT2D eigenvalue weighted by molar-refractivity contribution is -0.165. The Kier molecular flexibility index (Phi) is 8.63. The van der Waals surface area contributed by atoms with E-state index in [-0.39, 0.29) is 12.8 Å². The highest BCUT2D eigenvalue weighted by molar-refractivity contribution is 5.83. The molecule has 0 amide bonds. The molecule has 2 fully saturated rings. The van der Waals surface area contributed by atoms with E-state index in [0.717, 1.165) is 24.6 Å². The molecule has 2 aliphatic carbocycles.